The molecular formula is C32H50N6O9S. The van der Waals surface area contributed by atoms with Gasteiger partial charge in [-0.1, -0.05) is 46.2 Å². The molecule has 2 rings (SSSR count). The molecule has 15 nitrogen and oxygen atoms in total. The van der Waals surface area contributed by atoms with Crippen molar-refractivity contribution in [2.24, 2.45) is 17.6 Å². The predicted molar refractivity (Wildman–Crippen MR) is 180 cm³/mol. The van der Waals surface area contributed by atoms with Gasteiger partial charge in [0, 0.05) is 18.7 Å². The summed E-state index contributed by atoms with van der Waals surface area (Å²) in [5, 5.41) is 38.8. The molecule has 0 saturated carbocycles. The lowest BCUT2D eigenvalue weighted by Gasteiger charge is -2.30. The number of aliphatic hydroxyl groups is 1. The average Bonchev–Trinajstić information content (AvgIpc) is 3.55. The molecule has 1 aliphatic rings. The second-order valence-electron chi connectivity index (χ2n) is 12.6. The number of aliphatic hydroxyl groups excluding tert-OH is 1. The topological polar surface area (TPSA) is 240 Å². The zero-order chi connectivity index (χ0) is 36.1. The Hall–Kier alpha value is -3.89. The lowest BCUT2D eigenvalue weighted by atomic mass is 9.96. The van der Waals surface area contributed by atoms with Crippen LogP contribution in [0.25, 0.3) is 0 Å². The van der Waals surface area contributed by atoms with Crippen molar-refractivity contribution in [2.45, 2.75) is 96.1 Å². The summed E-state index contributed by atoms with van der Waals surface area (Å²) in [5.41, 5.74) is 6.44. The number of hydrogen-bond donors (Lipinski definition) is 9. The number of carbonyl (C=O) groups excluding carboxylic acids is 5. The average molecular weight is 695 g/mol. The minimum atomic E-state index is -1.59. The molecule has 1 saturated heterocycles. The number of nitrogens with zero attached hydrogens (tertiary/aromatic N) is 1. The van der Waals surface area contributed by atoms with Crippen LogP contribution in [0.5, 0.6) is 5.75 Å². The molecule has 48 heavy (non-hydrogen) atoms. The van der Waals surface area contributed by atoms with E-state index in [9.17, 15) is 44.1 Å². The number of carboxylic acid groups (broad SMARTS) is 1. The third-order valence-electron chi connectivity index (χ3n) is 8.29. The van der Waals surface area contributed by atoms with Crippen molar-refractivity contribution in [3.63, 3.8) is 0 Å². The van der Waals surface area contributed by atoms with Crippen LogP contribution < -0.4 is 27.0 Å². The van der Waals surface area contributed by atoms with Gasteiger partial charge in [-0.15, -0.1) is 0 Å². The fourth-order valence-corrected chi connectivity index (χ4v) is 5.47. The summed E-state index contributed by atoms with van der Waals surface area (Å²) in [6.45, 7) is 6.65. The standard InChI is InChI=1S/C32H50N6O9S/c1-5-18(4)26(30(44)36-24(15-39)32(46)47)37-28(42)23(14-19-8-10-20(40)11-9-19)34-27(41)22(13-17(2)3)35-29(43)25-7-6-12-38(25)31(45)21(33)16-48/h8-11,17-18,21-26,39-40,48H,5-7,12-16,33H2,1-4H3,(H,34,41)(H,35,43)(H,36,44)(H,37,42)(H,46,47)/t18-,21-,22-,23-,24-,25-,26-/m0/s1. The molecule has 1 aromatic carbocycles. The number of benzene rings is 1. The van der Waals surface area contributed by atoms with Crippen LogP contribution in [-0.2, 0) is 35.2 Å². The number of amides is 5. The molecule has 0 bridgehead atoms. The van der Waals surface area contributed by atoms with Crippen molar-refractivity contribution in [3.05, 3.63) is 29.8 Å². The van der Waals surface area contributed by atoms with Gasteiger partial charge in [-0.2, -0.15) is 12.6 Å². The number of carboxylic acids is 1. The Balaban J connectivity index is 2.35. The molecule has 1 fully saturated rings. The van der Waals surface area contributed by atoms with Crippen molar-refractivity contribution in [1.29, 1.82) is 0 Å². The monoisotopic (exact) mass is 694 g/mol. The van der Waals surface area contributed by atoms with Gasteiger partial charge in [0.25, 0.3) is 0 Å². The Kier molecular flexibility index (Phi) is 16.1. The van der Waals surface area contributed by atoms with Gasteiger partial charge in [0.2, 0.25) is 29.5 Å². The minimum Gasteiger partial charge on any atom is -0.508 e. The van der Waals surface area contributed by atoms with E-state index in [0.29, 0.717) is 31.4 Å². The van der Waals surface area contributed by atoms with Crippen LogP contribution in [0.4, 0.5) is 0 Å². The first-order valence-corrected chi connectivity index (χ1v) is 16.8. The Morgan fingerprint density at radius 2 is 1.54 bits per heavy atom. The van der Waals surface area contributed by atoms with E-state index in [4.69, 9.17) is 5.73 Å². The molecule has 1 aromatic rings. The second kappa shape index (κ2) is 19.2. The maximum Gasteiger partial charge on any atom is 0.328 e. The molecule has 5 amide bonds. The predicted octanol–water partition coefficient (Wildman–Crippen LogP) is -0.709. The first-order chi connectivity index (χ1) is 22.6. The first kappa shape index (κ1) is 40.3. The largest absolute Gasteiger partial charge is 0.508 e. The highest BCUT2D eigenvalue weighted by Gasteiger charge is 2.38. The van der Waals surface area contributed by atoms with Gasteiger partial charge >= 0.3 is 5.97 Å². The SMILES string of the molecule is CC[C@H](C)[C@H](NC(=O)[C@H](Cc1ccc(O)cc1)NC(=O)[C@H](CC(C)C)NC(=O)[C@@H]1CCCN1C(=O)[C@@H](N)CS)C(=O)N[C@@H](CO)C(=O)O. The number of carbonyl (C=O) groups is 6. The third-order valence-corrected chi connectivity index (χ3v) is 8.69. The van der Waals surface area contributed by atoms with Gasteiger partial charge in [0.05, 0.1) is 12.6 Å². The Morgan fingerprint density at radius 3 is 2.08 bits per heavy atom. The summed E-state index contributed by atoms with van der Waals surface area (Å²) in [6, 6.07) is -0.901. The molecule has 9 N–H and O–H groups in total. The molecule has 0 aromatic heterocycles. The molecule has 1 heterocycles. The zero-order valence-electron chi connectivity index (χ0n) is 27.8. The Labute approximate surface area is 286 Å². The number of aromatic hydroxyl groups is 1. The zero-order valence-corrected chi connectivity index (χ0v) is 28.7. The third kappa shape index (κ3) is 11.7. The number of nitrogens with one attached hydrogen (secondary N) is 4. The fourth-order valence-electron chi connectivity index (χ4n) is 5.32. The summed E-state index contributed by atoms with van der Waals surface area (Å²) in [5.74, 6) is -5.08. The van der Waals surface area contributed by atoms with Gasteiger partial charge in [-0.05, 0) is 48.8 Å². The molecule has 0 unspecified atom stereocenters. The summed E-state index contributed by atoms with van der Waals surface area (Å²) in [4.78, 5) is 79.7. The molecule has 0 radical (unpaired) electrons. The highest BCUT2D eigenvalue weighted by molar-refractivity contribution is 7.80. The molecule has 7 atom stereocenters. The number of phenolic OH excluding ortho intramolecular Hbond substituents is 1. The maximum atomic E-state index is 13.8. The minimum absolute atomic E-state index is 0.0105. The van der Waals surface area contributed by atoms with Crippen LogP contribution in [0.1, 0.15) is 58.9 Å². The molecule has 0 aliphatic carbocycles. The van der Waals surface area contributed by atoms with E-state index in [1.165, 1.54) is 17.0 Å². The van der Waals surface area contributed by atoms with Gasteiger partial charge in [-0.3, -0.25) is 24.0 Å². The summed E-state index contributed by atoms with van der Waals surface area (Å²) < 4.78 is 0. The molecule has 16 heteroatoms. The highest BCUT2D eigenvalue weighted by Crippen LogP contribution is 2.20. The lowest BCUT2D eigenvalue weighted by molar-refractivity contribution is -0.143. The van der Waals surface area contributed by atoms with Gasteiger partial charge in [-0.25, -0.2) is 4.79 Å². The van der Waals surface area contributed by atoms with Crippen LogP contribution in [0.3, 0.4) is 0 Å². The number of likely N-dealkylation sites (tertiary alicyclic amines) is 1. The van der Waals surface area contributed by atoms with Gasteiger partial charge < -0.3 is 47.2 Å². The van der Waals surface area contributed by atoms with Gasteiger partial charge in [0.1, 0.15) is 36.0 Å². The number of hydrogen-bond acceptors (Lipinski definition) is 10. The van der Waals surface area contributed by atoms with E-state index in [1.54, 1.807) is 26.0 Å². The van der Waals surface area contributed by atoms with Crippen LogP contribution >= 0.6 is 12.6 Å². The number of rotatable bonds is 18. The van der Waals surface area contributed by atoms with E-state index in [1.807, 2.05) is 13.8 Å². The highest BCUT2D eigenvalue weighted by atomic mass is 32.1. The van der Waals surface area contributed by atoms with Crippen LogP contribution in [0.2, 0.25) is 0 Å². The second-order valence-corrected chi connectivity index (χ2v) is 12.9. The van der Waals surface area contributed by atoms with E-state index >= 15 is 0 Å². The fraction of sp³-hybridized carbons (Fsp3) is 0.625. The van der Waals surface area contributed by atoms with Crippen molar-refractivity contribution in [2.75, 3.05) is 18.9 Å². The smallest absolute Gasteiger partial charge is 0.328 e. The number of nitrogens with two attached hydrogens (primary N) is 1. The molecule has 0 spiro atoms. The molecular weight excluding hydrogens is 644 g/mol. The van der Waals surface area contributed by atoms with E-state index < -0.39 is 84.3 Å². The van der Waals surface area contributed by atoms with Crippen molar-refractivity contribution in [1.82, 2.24) is 26.2 Å². The van der Waals surface area contributed by atoms with Crippen LogP contribution in [-0.4, -0.2) is 111 Å². The summed E-state index contributed by atoms with van der Waals surface area (Å²) in [7, 11) is 0. The number of thiol groups is 1. The quantitative estimate of drug-likeness (QED) is 0.0875. The van der Waals surface area contributed by atoms with Gasteiger partial charge in [0.15, 0.2) is 0 Å². The maximum absolute atomic E-state index is 13.8. The number of aliphatic carboxylic acids is 1. The number of phenols is 1. The van der Waals surface area contributed by atoms with E-state index in [2.05, 4.69) is 33.9 Å². The van der Waals surface area contributed by atoms with Crippen molar-refractivity contribution >= 4 is 48.1 Å². The molecule has 268 valence electrons. The Bertz CT molecular complexity index is 1280. The van der Waals surface area contributed by atoms with Crippen LogP contribution in [0.15, 0.2) is 24.3 Å². The first-order valence-electron chi connectivity index (χ1n) is 16.1. The van der Waals surface area contributed by atoms with E-state index in [-0.39, 0.29) is 30.3 Å². The van der Waals surface area contributed by atoms with E-state index in [0.717, 1.165) is 0 Å². The van der Waals surface area contributed by atoms with Crippen LogP contribution in [0, 0.1) is 11.8 Å². The lowest BCUT2D eigenvalue weighted by Crippen LogP contribution is -2.60. The normalized spacial score (nSPS) is 18.2. The Morgan fingerprint density at radius 1 is 0.938 bits per heavy atom. The summed E-state index contributed by atoms with van der Waals surface area (Å²) in [6.07, 6.45) is 1.53. The van der Waals surface area contributed by atoms with Crippen molar-refractivity contribution < 1.29 is 44.1 Å². The summed E-state index contributed by atoms with van der Waals surface area (Å²) >= 11 is 4.09. The molecule has 1 aliphatic heterocycles. The van der Waals surface area contributed by atoms with Crippen molar-refractivity contribution in [3.8, 4) is 5.75 Å².